The predicted octanol–water partition coefficient (Wildman–Crippen LogP) is 2.79. The molecule has 0 aliphatic carbocycles. The summed E-state index contributed by atoms with van der Waals surface area (Å²) in [5.41, 5.74) is 9.19. The van der Waals surface area contributed by atoms with Crippen LogP contribution in [0.15, 0.2) is 18.2 Å². The van der Waals surface area contributed by atoms with Gasteiger partial charge in [-0.1, -0.05) is 19.9 Å². The second-order valence-corrected chi connectivity index (χ2v) is 4.63. The zero-order valence-corrected chi connectivity index (χ0v) is 12.1. The molecule has 0 bridgehead atoms. The summed E-state index contributed by atoms with van der Waals surface area (Å²) < 4.78 is 20.8. The normalized spacial score (nSPS) is 10.8. The lowest BCUT2D eigenvalue weighted by molar-refractivity contribution is 0.410. The number of hydrogen-bond acceptors (Lipinski definition) is 3. The fraction of sp³-hybridized carbons (Fsp3) is 0.400. The van der Waals surface area contributed by atoms with Gasteiger partial charge >= 0.3 is 0 Å². The van der Waals surface area contributed by atoms with E-state index in [1.165, 1.54) is 13.2 Å². The summed E-state index contributed by atoms with van der Waals surface area (Å²) in [6.45, 7) is 4.41. The Hall–Kier alpha value is -2.04. The minimum atomic E-state index is -0.293. The molecule has 2 aromatic rings. The second-order valence-electron chi connectivity index (χ2n) is 4.63. The van der Waals surface area contributed by atoms with Gasteiger partial charge in [0.25, 0.3) is 0 Å². The van der Waals surface area contributed by atoms with Crippen LogP contribution in [0.1, 0.15) is 30.8 Å². The van der Waals surface area contributed by atoms with Gasteiger partial charge in [0.05, 0.1) is 30.7 Å². The van der Waals surface area contributed by atoms with Crippen LogP contribution in [0.25, 0.3) is 0 Å². The van der Waals surface area contributed by atoms with Crippen molar-refractivity contribution in [2.75, 3.05) is 12.8 Å². The van der Waals surface area contributed by atoms with Gasteiger partial charge in [-0.25, -0.2) is 4.39 Å². The molecule has 0 atom stereocenters. The number of rotatable bonds is 5. The molecule has 0 saturated carbocycles. The molecule has 1 heterocycles. The molecule has 0 spiro atoms. The van der Waals surface area contributed by atoms with Crippen LogP contribution < -0.4 is 10.5 Å². The minimum Gasteiger partial charge on any atom is -0.497 e. The van der Waals surface area contributed by atoms with E-state index in [4.69, 9.17) is 10.5 Å². The van der Waals surface area contributed by atoms with Crippen LogP contribution in [0.4, 0.5) is 10.1 Å². The molecule has 1 aromatic heterocycles. The van der Waals surface area contributed by atoms with Gasteiger partial charge in [-0.05, 0) is 18.9 Å². The van der Waals surface area contributed by atoms with Gasteiger partial charge in [-0.15, -0.1) is 0 Å². The van der Waals surface area contributed by atoms with Gasteiger partial charge in [0.15, 0.2) is 0 Å². The SMILES string of the molecule is CCc1nn(Cc2ccc(OC)cc2F)c(CC)c1N. The molecule has 20 heavy (non-hydrogen) atoms. The van der Waals surface area contributed by atoms with Crippen molar-refractivity contribution in [2.24, 2.45) is 0 Å². The van der Waals surface area contributed by atoms with Crippen molar-refractivity contribution in [3.63, 3.8) is 0 Å². The maximum Gasteiger partial charge on any atom is 0.131 e. The molecular weight excluding hydrogens is 257 g/mol. The summed E-state index contributed by atoms with van der Waals surface area (Å²) in [5, 5.41) is 4.47. The summed E-state index contributed by atoms with van der Waals surface area (Å²) in [6.07, 6.45) is 1.55. The van der Waals surface area contributed by atoms with E-state index in [1.54, 1.807) is 16.8 Å². The van der Waals surface area contributed by atoms with Crippen LogP contribution in [0.2, 0.25) is 0 Å². The first kappa shape index (κ1) is 14.4. The molecule has 1 aromatic carbocycles. The van der Waals surface area contributed by atoms with Crippen molar-refractivity contribution in [3.8, 4) is 5.75 Å². The van der Waals surface area contributed by atoms with Crippen LogP contribution in [0, 0.1) is 5.82 Å². The minimum absolute atomic E-state index is 0.293. The van der Waals surface area contributed by atoms with Gasteiger partial charge in [0, 0.05) is 11.6 Å². The van der Waals surface area contributed by atoms with E-state index in [2.05, 4.69) is 5.10 Å². The Balaban J connectivity index is 2.34. The van der Waals surface area contributed by atoms with E-state index in [0.29, 0.717) is 17.9 Å². The molecule has 0 aliphatic rings. The highest BCUT2D eigenvalue weighted by Crippen LogP contribution is 2.22. The number of benzene rings is 1. The van der Waals surface area contributed by atoms with E-state index in [9.17, 15) is 4.39 Å². The maximum atomic E-state index is 14.0. The molecule has 2 rings (SSSR count). The monoisotopic (exact) mass is 277 g/mol. The first-order valence-electron chi connectivity index (χ1n) is 6.77. The van der Waals surface area contributed by atoms with Gasteiger partial charge in [0.2, 0.25) is 0 Å². The summed E-state index contributed by atoms with van der Waals surface area (Å²) in [6, 6.07) is 4.85. The number of methoxy groups -OCH3 is 1. The third-order valence-corrected chi connectivity index (χ3v) is 3.42. The molecule has 5 heteroatoms. The van der Waals surface area contributed by atoms with Crippen molar-refractivity contribution in [1.82, 2.24) is 9.78 Å². The lowest BCUT2D eigenvalue weighted by Crippen LogP contribution is -2.08. The average Bonchev–Trinajstić information content (AvgIpc) is 2.76. The molecule has 108 valence electrons. The zero-order valence-electron chi connectivity index (χ0n) is 12.1. The Labute approximate surface area is 118 Å². The number of anilines is 1. The topological polar surface area (TPSA) is 53.1 Å². The molecular formula is C15H20FN3O. The zero-order chi connectivity index (χ0) is 14.7. The van der Waals surface area contributed by atoms with Crippen LogP contribution in [0.5, 0.6) is 5.75 Å². The van der Waals surface area contributed by atoms with Crippen LogP contribution >= 0.6 is 0 Å². The molecule has 0 aliphatic heterocycles. The first-order chi connectivity index (χ1) is 9.60. The Morgan fingerprint density at radius 1 is 1.30 bits per heavy atom. The van der Waals surface area contributed by atoms with Gasteiger partial charge in [0.1, 0.15) is 11.6 Å². The third-order valence-electron chi connectivity index (χ3n) is 3.42. The molecule has 2 N–H and O–H groups in total. The summed E-state index contributed by atoms with van der Waals surface area (Å²) >= 11 is 0. The number of ether oxygens (including phenoxy) is 1. The van der Waals surface area contributed by atoms with Crippen molar-refractivity contribution in [2.45, 2.75) is 33.2 Å². The van der Waals surface area contributed by atoms with Gasteiger partial charge in [-0.2, -0.15) is 5.10 Å². The van der Waals surface area contributed by atoms with Crippen LogP contribution in [-0.2, 0) is 19.4 Å². The fourth-order valence-corrected chi connectivity index (χ4v) is 2.28. The van der Waals surface area contributed by atoms with E-state index in [0.717, 1.165) is 29.9 Å². The van der Waals surface area contributed by atoms with Crippen LogP contribution in [0.3, 0.4) is 0 Å². The lowest BCUT2D eigenvalue weighted by Gasteiger charge is -2.08. The van der Waals surface area contributed by atoms with Crippen molar-refractivity contribution in [1.29, 1.82) is 0 Å². The summed E-state index contributed by atoms with van der Waals surface area (Å²) in [5.74, 6) is 0.217. The highest BCUT2D eigenvalue weighted by Gasteiger charge is 2.14. The fourth-order valence-electron chi connectivity index (χ4n) is 2.28. The van der Waals surface area contributed by atoms with Gasteiger partial charge in [-0.3, -0.25) is 4.68 Å². The number of halogens is 1. The number of nitrogens with two attached hydrogens (primary N) is 1. The molecule has 0 unspecified atom stereocenters. The molecule has 0 amide bonds. The Kier molecular flexibility index (Phi) is 4.27. The number of nitrogen functional groups attached to an aromatic ring is 1. The summed E-state index contributed by atoms with van der Waals surface area (Å²) in [7, 11) is 1.52. The van der Waals surface area contributed by atoms with Crippen molar-refractivity contribution >= 4 is 5.69 Å². The molecule has 4 nitrogen and oxygen atoms in total. The van der Waals surface area contributed by atoms with E-state index >= 15 is 0 Å². The second kappa shape index (κ2) is 5.94. The number of aryl methyl sites for hydroxylation is 1. The van der Waals surface area contributed by atoms with Crippen molar-refractivity contribution in [3.05, 3.63) is 41.0 Å². The molecule has 0 radical (unpaired) electrons. The Bertz CT molecular complexity index is 607. The number of aromatic nitrogens is 2. The Morgan fingerprint density at radius 3 is 2.60 bits per heavy atom. The maximum absolute atomic E-state index is 14.0. The molecule has 0 saturated heterocycles. The van der Waals surface area contributed by atoms with Crippen LogP contribution in [-0.4, -0.2) is 16.9 Å². The number of nitrogens with zero attached hydrogens (tertiary/aromatic N) is 2. The summed E-state index contributed by atoms with van der Waals surface area (Å²) in [4.78, 5) is 0. The highest BCUT2D eigenvalue weighted by atomic mass is 19.1. The lowest BCUT2D eigenvalue weighted by atomic mass is 10.2. The standard InChI is InChI=1S/C15H20FN3O/c1-4-13-15(17)14(5-2)19(18-13)9-10-6-7-11(20-3)8-12(10)16/h6-8H,4-5,9,17H2,1-3H3. The predicted molar refractivity (Wildman–Crippen MR) is 77.4 cm³/mol. The van der Waals surface area contributed by atoms with E-state index in [1.807, 2.05) is 13.8 Å². The smallest absolute Gasteiger partial charge is 0.131 e. The van der Waals surface area contributed by atoms with Gasteiger partial charge < -0.3 is 10.5 Å². The third kappa shape index (κ3) is 2.61. The van der Waals surface area contributed by atoms with E-state index < -0.39 is 0 Å². The quantitative estimate of drug-likeness (QED) is 0.914. The van der Waals surface area contributed by atoms with Crippen molar-refractivity contribution < 1.29 is 9.13 Å². The average molecular weight is 277 g/mol. The first-order valence-corrected chi connectivity index (χ1v) is 6.77. The Morgan fingerprint density at radius 2 is 2.05 bits per heavy atom. The molecule has 0 fully saturated rings. The number of hydrogen-bond donors (Lipinski definition) is 1. The van der Waals surface area contributed by atoms with E-state index in [-0.39, 0.29) is 5.82 Å². The highest BCUT2D eigenvalue weighted by molar-refractivity contribution is 5.48. The largest absolute Gasteiger partial charge is 0.497 e.